The van der Waals surface area contributed by atoms with Crippen molar-refractivity contribution in [2.24, 2.45) is 11.8 Å². The van der Waals surface area contributed by atoms with Gasteiger partial charge in [-0.15, -0.1) is 0 Å². The molecule has 2 fully saturated rings. The summed E-state index contributed by atoms with van der Waals surface area (Å²) in [6, 6.07) is 18.5. The number of esters is 1. The van der Waals surface area contributed by atoms with E-state index in [0.717, 1.165) is 10.0 Å². The summed E-state index contributed by atoms with van der Waals surface area (Å²) in [5, 5.41) is 1.81. The minimum Gasteiger partial charge on any atom is -0.497 e. The molecule has 1 saturated carbocycles. The number of hydrazine groups is 1. The molecule has 0 spiro atoms. The number of ether oxygens (including phenoxy) is 2. The Morgan fingerprint density at radius 1 is 0.860 bits per heavy atom. The van der Waals surface area contributed by atoms with E-state index >= 15 is 0 Å². The second-order valence-electron chi connectivity index (χ2n) is 10.1. The summed E-state index contributed by atoms with van der Waals surface area (Å²) in [6.07, 6.45) is 0.805. The molecule has 3 aromatic carbocycles. The number of hydrogen-bond donors (Lipinski definition) is 0. The summed E-state index contributed by atoms with van der Waals surface area (Å²) in [5.74, 6) is -3.54. The molecule has 1 saturated heterocycles. The maximum absolute atomic E-state index is 13.8. The van der Waals surface area contributed by atoms with Crippen LogP contribution in [0.2, 0.25) is 5.02 Å². The van der Waals surface area contributed by atoms with E-state index in [0.29, 0.717) is 18.6 Å². The lowest BCUT2D eigenvalue weighted by Gasteiger charge is -2.30. The predicted molar refractivity (Wildman–Crippen MR) is 165 cm³/mol. The molecule has 43 heavy (non-hydrogen) atoms. The Balaban J connectivity index is 1.38. The molecule has 222 valence electrons. The van der Waals surface area contributed by atoms with Crippen LogP contribution in [0.1, 0.15) is 43.9 Å². The molecule has 1 heterocycles. The molecule has 12 heteroatoms. The second kappa shape index (κ2) is 13.0. The van der Waals surface area contributed by atoms with E-state index in [1.165, 1.54) is 49.6 Å². The number of hydrogen-bond acceptors (Lipinski definition) is 7. The normalized spacial score (nSPS) is 21.3. The highest BCUT2D eigenvalue weighted by molar-refractivity contribution is 9.12. The van der Waals surface area contributed by atoms with E-state index in [2.05, 4.69) is 31.9 Å². The summed E-state index contributed by atoms with van der Waals surface area (Å²) in [7, 11) is 1.49. The molecule has 9 nitrogen and oxygen atoms in total. The molecular formula is C31H25Br2ClN2O7. The summed E-state index contributed by atoms with van der Waals surface area (Å²) in [5.41, 5.74) is 0.505. The van der Waals surface area contributed by atoms with Gasteiger partial charge in [0.15, 0.2) is 5.78 Å². The van der Waals surface area contributed by atoms with Crippen molar-refractivity contribution in [3.8, 4) is 11.5 Å². The minimum absolute atomic E-state index is 0.0312. The van der Waals surface area contributed by atoms with Crippen molar-refractivity contribution >= 4 is 72.9 Å². The molecule has 1 aliphatic carbocycles. The van der Waals surface area contributed by atoms with Crippen LogP contribution in [0.3, 0.4) is 0 Å². The van der Waals surface area contributed by atoms with Crippen molar-refractivity contribution in [2.45, 2.75) is 22.5 Å². The van der Waals surface area contributed by atoms with E-state index in [4.69, 9.17) is 21.1 Å². The van der Waals surface area contributed by atoms with Crippen molar-refractivity contribution in [1.29, 1.82) is 0 Å². The highest BCUT2D eigenvalue weighted by Crippen LogP contribution is 2.44. The van der Waals surface area contributed by atoms with Crippen molar-refractivity contribution in [2.75, 3.05) is 13.7 Å². The van der Waals surface area contributed by atoms with E-state index in [-0.39, 0.29) is 37.1 Å². The van der Waals surface area contributed by atoms with Gasteiger partial charge >= 0.3 is 5.97 Å². The average Bonchev–Trinajstić information content (AvgIpc) is 3.24. The summed E-state index contributed by atoms with van der Waals surface area (Å²) < 4.78 is 10.6. The number of alkyl halides is 2. The number of Topliss-reactive ketones (excluding diaryl/α,β-unsaturated/α-hetero) is 1. The van der Waals surface area contributed by atoms with Crippen molar-refractivity contribution in [3.63, 3.8) is 0 Å². The molecule has 1 aliphatic heterocycles. The fourth-order valence-electron chi connectivity index (χ4n) is 5.17. The van der Waals surface area contributed by atoms with E-state index < -0.39 is 47.9 Å². The van der Waals surface area contributed by atoms with Crippen LogP contribution in [-0.4, -0.2) is 62.8 Å². The Hall–Kier alpha value is -3.54. The van der Waals surface area contributed by atoms with Gasteiger partial charge in [0.25, 0.3) is 17.7 Å². The minimum atomic E-state index is -0.756. The standard InChI is InChI=1S/C31H25Br2ClN2O7/c1-42-20-6-4-5-18(13-20)31(41)43-19-11-9-17(10-12-19)27(37)16-35(28(38)21-7-2-3-8-26(21)34)36-29(39)22-14-24(32)25(33)15-23(22)30(36)40/h2-13,22-25H,14-16H2,1H3/t22-,23-,24-,25+/m1/s1. The number of nitrogens with zero attached hydrogens (tertiary/aromatic N) is 2. The highest BCUT2D eigenvalue weighted by Gasteiger charge is 2.54. The lowest BCUT2D eigenvalue weighted by atomic mass is 9.81. The first-order valence-electron chi connectivity index (χ1n) is 13.3. The van der Waals surface area contributed by atoms with Gasteiger partial charge < -0.3 is 9.47 Å². The fraction of sp³-hybridized carbons (Fsp3) is 0.258. The number of imide groups is 1. The highest BCUT2D eigenvalue weighted by atomic mass is 79.9. The zero-order valence-electron chi connectivity index (χ0n) is 22.7. The Labute approximate surface area is 269 Å². The molecule has 4 atom stereocenters. The molecule has 0 radical (unpaired) electrons. The number of ketones is 1. The third kappa shape index (κ3) is 6.39. The van der Waals surface area contributed by atoms with Crippen LogP contribution in [0, 0.1) is 11.8 Å². The van der Waals surface area contributed by atoms with Crippen molar-refractivity contribution in [1.82, 2.24) is 10.0 Å². The smallest absolute Gasteiger partial charge is 0.343 e. The summed E-state index contributed by atoms with van der Waals surface area (Å²) >= 11 is 13.4. The zero-order chi connectivity index (χ0) is 30.8. The maximum atomic E-state index is 13.8. The average molecular weight is 733 g/mol. The van der Waals surface area contributed by atoms with Crippen LogP contribution in [-0.2, 0) is 9.59 Å². The van der Waals surface area contributed by atoms with E-state index in [1.54, 1.807) is 30.3 Å². The number of rotatable bonds is 8. The van der Waals surface area contributed by atoms with E-state index in [9.17, 15) is 24.0 Å². The zero-order valence-corrected chi connectivity index (χ0v) is 26.7. The maximum Gasteiger partial charge on any atom is 0.343 e. The van der Waals surface area contributed by atoms with Gasteiger partial charge in [-0.1, -0.05) is 61.7 Å². The number of methoxy groups -OCH3 is 1. The molecular weight excluding hydrogens is 708 g/mol. The fourth-order valence-corrected chi connectivity index (χ4v) is 6.63. The van der Waals surface area contributed by atoms with Crippen LogP contribution in [0.5, 0.6) is 11.5 Å². The van der Waals surface area contributed by atoms with Gasteiger partial charge in [0.05, 0.1) is 35.1 Å². The van der Waals surface area contributed by atoms with Crippen LogP contribution in [0.25, 0.3) is 0 Å². The Kier molecular flexibility index (Phi) is 9.33. The molecule has 2 aliphatic rings. The Morgan fingerprint density at radius 2 is 1.49 bits per heavy atom. The second-order valence-corrected chi connectivity index (χ2v) is 12.9. The van der Waals surface area contributed by atoms with Crippen LogP contribution in [0.15, 0.2) is 72.8 Å². The predicted octanol–water partition coefficient (Wildman–Crippen LogP) is 5.73. The van der Waals surface area contributed by atoms with Gasteiger partial charge in [-0.3, -0.25) is 19.2 Å². The van der Waals surface area contributed by atoms with Gasteiger partial charge in [0.2, 0.25) is 0 Å². The van der Waals surface area contributed by atoms with Crippen molar-refractivity contribution in [3.05, 3.63) is 94.5 Å². The molecule has 0 N–H and O–H groups in total. The lowest BCUT2D eigenvalue weighted by Crippen LogP contribution is -2.52. The monoisotopic (exact) mass is 730 g/mol. The first-order chi connectivity index (χ1) is 20.6. The molecule has 0 bridgehead atoms. The lowest BCUT2D eigenvalue weighted by molar-refractivity contribution is -0.154. The van der Waals surface area contributed by atoms with Gasteiger partial charge in [-0.05, 0) is 67.4 Å². The molecule has 5 rings (SSSR count). The number of halogens is 3. The molecule has 3 amide bonds. The van der Waals surface area contributed by atoms with Crippen LogP contribution in [0.4, 0.5) is 0 Å². The number of fused-ring (bicyclic) bond motifs is 1. The van der Waals surface area contributed by atoms with Crippen LogP contribution >= 0.6 is 43.5 Å². The van der Waals surface area contributed by atoms with Crippen LogP contribution < -0.4 is 9.47 Å². The first kappa shape index (κ1) is 30.9. The number of carbonyl (C=O) groups is 5. The van der Waals surface area contributed by atoms with Crippen molar-refractivity contribution < 1.29 is 33.4 Å². The van der Waals surface area contributed by atoms with Gasteiger partial charge in [-0.25, -0.2) is 9.80 Å². The van der Waals surface area contributed by atoms with Gasteiger partial charge in [-0.2, -0.15) is 5.01 Å². The number of benzene rings is 3. The Morgan fingerprint density at radius 3 is 2.09 bits per heavy atom. The topological polar surface area (TPSA) is 110 Å². The quantitative estimate of drug-likeness (QED) is 0.0957. The first-order valence-corrected chi connectivity index (χ1v) is 15.5. The van der Waals surface area contributed by atoms with E-state index in [1.807, 2.05) is 0 Å². The Bertz CT molecular complexity index is 1570. The third-order valence-corrected chi connectivity index (χ3v) is 10.5. The summed E-state index contributed by atoms with van der Waals surface area (Å²) in [6.45, 7) is -0.598. The van der Waals surface area contributed by atoms with Gasteiger partial charge in [0.1, 0.15) is 18.0 Å². The summed E-state index contributed by atoms with van der Waals surface area (Å²) in [4.78, 5) is 66.9. The SMILES string of the molecule is COc1cccc(C(=O)Oc2ccc(C(=O)CN(C(=O)c3ccccc3Cl)N3C(=O)[C@@H]4C[C@@H](Br)[C@@H](Br)C[C@H]4C3=O)cc2)c1. The van der Waals surface area contributed by atoms with Gasteiger partial charge in [0, 0.05) is 15.2 Å². The molecule has 3 aromatic rings. The number of carbonyl (C=O) groups excluding carboxylic acids is 5. The molecule has 0 aromatic heterocycles. The third-order valence-electron chi connectivity index (χ3n) is 7.45. The molecule has 0 unspecified atom stereocenters. The largest absolute Gasteiger partial charge is 0.497 e. The number of amides is 3.